The van der Waals surface area contributed by atoms with Crippen molar-refractivity contribution in [2.24, 2.45) is 11.5 Å². The van der Waals surface area contributed by atoms with Crippen LogP contribution in [-0.4, -0.2) is 37.1 Å². The summed E-state index contributed by atoms with van der Waals surface area (Å²) in [6, 6.07) is 17.2. The number of anilines is 2. The van der Waals surface area contributed by atoms with Crippen molar-refractivity contribution in [3.8, 4) is 0 Å². The van der Waals surface area contributed by atoms with Gasteiger partial charge in [0, 0.05) is 31.1 Å². The van der Waals surface area contributed by atoms with Crippen LogP contribution in [0.3, 0.4) is 0 Å². The summed E-state index contributed by atoms with van der Waals surface area (Å²) in [6.07, 6.45) is 0.973. The zero-order valence-corrected chi connectivity index (χ0v) is 18.2. The molecule has 0 aliphatic carbocycles. The van der Waals surface area contributed by atoms with Gasteiger partial charge in [0.25, 0.3) is 0 Å². The smallest absolute Gasteiger partial charge is 0.244 e. The third-order valence-electron chi connectivity index (χ3n) is 4.87. The number of carbonyl (C=O) groups is 2. The molecule has 9 heteroatoms. The fraction of sp³-hybridized carbons (Fsp3) is 0.333. The molecule has 1 fully saturated rings. The number of hydrogen-bond donors (Lipinski definition) is 3. The molecular weight excluding hydrogens is 427 g/mol. The van der Waals surface area contributed by atoms with Gasteiger partial charge in [-0.15, -0.1) is 24.8 Å². The molecule has 2 aromatic carbocycles. The number of nitrogens with zero attached hydrogens (tertiary/aromatic N) is 1. The second-order valence-corrected chi connectivity index (χ2v) is 7.08. The zero-order chi connectivity index (χ0) is 20.0. The van der Waals surface area contributed by atoms with Crippen LogP contribution in [0.5, 0.6) is 0 Å². The molecule has 0 bridgehead atoms. The fourth-order valence-corrected chi connectivity index (χ4v) is 3.23. The van der Waals surface area contributed by atoms with Crippen molar-refractivity contribution in [1.29, 1.82) is 0 Å². The first-order chi connectivity index (χ1) is 13.5. The number of rotatable bonds is 7. The van der Waals surface area contributed by atoms with E-state index in [1.165, 1.54) is 0 Å². The SMILES string of the molecule is Cl.Cl.NC(=O)CN(Cc1ccccc1)c1cccc(NC(=O)C2(N)CCOCC2)c1. The Balaban J connectivity index is 0.00000225. The van der Waals surface area contributed by atoms with Crippen LogP contribution in [0.15, 0.2) is 54.6 Å². The van der Waals surface area contributed by atoms with Crippen LogP contribution >= 0.6 is 24.8 Å². The normalized spacial score (nSPS) is 14.6. The summed E-state index contributed by atoms with van der Waals surface area (Å²) in [7, 11) is 0. The molecule has 30 heavy (non-hydrogen) atoms. The number of ether oxygens (including phenoxy) is 1. The van der Waals surface area contributed by atoms with E-state index in [-0.39, 0.29) is 37.3 Å². The highest BCUT2D eigenvalue weighted by atomic mass is 35.5. The average Bonchev–Trinajstić information content (AvgIpc) is 2.69. The van der Waals surface area contributed by atoms with Crippen molar-refractivity contribution < 1.29 is 14.3 Å². The predicted molar refractivity (Wildman–Crippen MR) is 123 cm³/mol. The van der Waals surface area contributed by atoms with Crippen molar-refractivity contribution in [2.45, 2.75) is 24.9 Å². The molecule has 0 radical (unpaired) electrons. The quantitative estimate of drug-likeness (QED) is 0.594. The minimum absolute atomic E-state index is 0. The van der Waals surface area contributed by atoms with Crippen molar-refractivity contribution in [1.82, 2.24) is 0 Å². The molecule has 0 spiro atoms. The Morgan fingerprint density at radius 3 is 2.33 bits per heavy atom. The summed E-state index contributed by atoms with van der Waals surface area (Å²) < 4.78 is 5.30. The Morgan fingerprint density at radius 1 is 1.03 bits per heavy atom. The Kier molecular flexibility index (Phi) is 10.1. The summed E-state index contributed by atoms with van der Waals surface area (Å²) in [5, 5.41) is 2.90. The Labute approximate surface area is 188 Å². The zero-order valence-electron chi connectivity index (χ0n) is 16.6. The van der Waals surface area contributed by atoms with Crippen LogP contribution in [0.4, 0.5) is 11.4 Å². The molecule has 0 unspecified atom stereocenters. The van der Waals surface area contributed by atoms with Crippen molar-refractivity contribution >= 4 is 48.0 Å². The van der Waals surface area contributed by atoms with Crippen molar-refractivity contribution in [3.63, 3.8) is 0 Å². The predicted octanol–water partition coefficient (Wildman–Crippen LogP) is 2.47. The van der Waals surface area contributed by atoms with E-state index >= 15 is 0 Å². The number of primary amides is 1. The van der Waals surface area contributed by atoms with E-state index in [1.54, 1.807) is 6.07 Å². The average molecular weight is 455 g/mol. The first kappa shape index (κ1) is 25.7. The maximum Gasteiger partial charge on any atom is 0.244 e. The molecule has 0 saturated carbocycles. The Bertz CT molecular complexity index is 830. The summed E-state index contributed by atoms with van der Waals surface area (Å²) in [6.45, 7) is 1.56. The van der Waals surface area contributed by atoms with Crippen LogP contribution in [0.1, 0.15) is 18.4 Å². The number of nitrogens with one attached hydrogen (secondary N) is 1. The molecule has 1 aliphatic rings. The largest absolute Gasteiger partial charge is 0.381 e. The van der Waals surface area contributed by atoms with E-state index in [2.05, 4.69) is 5.32 Å². The summed E-state index contributed by atoms with van der Waals surface area (Å²) >= 11 is 0. The molecule has 2 amide bonds. The molecule has 0 atom stereocenters. The lowest BCUT2D eigenvalue weighted by molar-refractivity contribution is -0.124. The van der Waals surface area contributed by atoms with Gasteiger partial charge in [-0.2, -0.15) is 0 Å². The van der Waals surface area contributed by atoms with E-state index < -0.39 is 11.4 Å². The monoisotopic (exact) mass is 454 g/mol. The van der Waals surface area contributed by atoms with E-state index in [0.717, 1.165) is 11.3 Å². The second kappa shape index (κ2) is 11.8. The van der Waals surface area contributed by atoms with Gasteiger partial charge in [-0.05, 0) is 36.6 Å². The van der Waals surface area contributed by atoms with Gasteiger partial charge in [-0.1, -0.05) is 36.4 Å². The molecule has 1 aliphatic heterocycles. The maximum absolute atomic E-state index is 12.7. The minimum atomic E-state index is -0.925. The first-order valence-corrected chi connectivity index (χ1v) is 9.32. The van der Waals surface area contributed by atoms with Crippen molar-refractivity contribution in [3.05, 3.63) is 60.2 Å². The van der Waals surface area contributed by atoms with E-state index in [9.17, 15) is 9.59 Å². The molecule has 2 aromatic rings. The number of hydrogen-bond acceptors (Lipinski definition) is 5. The number of carbonyl (C=O) groups excluding carboxylic acids is 2. The highest BCUT2D eigenvalue weighted by Crippen LogP contribution is 2.24. The van der Waals surface area contributed by atoms with Gasteiger partial charge in [0.15, 0.2) is 0 Å². The topological polar surface area (TPSA) is 111 Å². The standard InChI is InChI=1S/C21H26N4O3.2ClH/c22-19(26)15-25(14-16-5-2-1-3-6-16)18-8-4-7-17(13-18)24-20(27)21(23)9-11-28-12-10-21;;/h1-8,13H,9-12,14-15,23H2,(H2,22,26)(H,24,27);2*1H. The van der Waals surface area contributed by atoms with Gasteiger partial charge in [0.2, 0.25) is 11.8 Å². The van der Waals surface area contributed by atoms with Crippen LogP contribution in [0.2, 0.25) is 0 Å². The minimum Gasteiger partial charge on any atom is -0.381 e. The molecule has 0 aromatic heterocycles. The number of nitrogens with two attached hydrogens (primary N) is 2. The fourth-order valence-electron chi connectivity index (χ4n) is 3.23. The van der Waals surface area contributed by atoms with Gasteiger partial charge in [0.1, 0.15) is 5.54 Å². The lowest BCUT2D eigenvalue weighted by Gasteiger charge is -2.32. The Hall–Kier alpha value is -2.32. The van der Waals surface area contributed by atoms with Gasteiger partial charge < -0.3 is 26.4 Å². The number of halogens is 2. The van der Waals surface area contributed by atoms with E-state index in [0.29, 0.717) is 38.3 Å². The van der Waals surface area contributed by atoms with Gasteiger partial charge >= 0.3 is 0 Å². The summed E-state index contributed by atoms with van der Waals surface area (Å²) in [4.78, 5) is 26.1. The molecule has 1 heterocycles. The van der Waals surface area contributed by atoms with Gasteiger partial charge in [-0.25, -0.2) is 0 Å². The van der Waals surface area contributed by atoms with Gasteiger partial charge in [0.05, 0.1) is 6.54 Å². The molecular formula is C21H28Cl2N4O3. The van der Waals surface area contributed by atoms with Crippen LogP contribution < -0.4 is 21.7 Å². The number of benzene rings is 2. The third kappa shape index (κ3) is 6.88. The lowest BCUT2D eigenvalue weighted by Crippen LogP contribution is -2.54. The maximum atomic E-state index is 12.7. The molecule has 164 valence electrons. The van der Waals surface area contributed by atoms with Crippen LogP contribution in [-0.2, 0) is 20.9 Å². The van der Waals surface area contributed by atoms with Crippen LogP contribution in [0, 0.1) is 0 Å². The summed E-state index contributed by atoms with van der Waals surface area (Å²) in [5.74, 6) is -0.647. The van der Waals surface area contributed by atoms with E-state index in [4.69, 9.17) is 16.2 Å². The molecule has 5 N–H and O–H groups in total. The summed E-state index contributed by atoms with van der Waals surface area (Å²) in [5.41, 5.74) is 13.2. The van der Waals surface area contributed by atoms with E-state index in [1.807, 2.05) is 53.4 Å². The van der Waals surface area contributed by atoms with Crippen LogP contribution in [0.25, 0.3) is 0 Å². The first-order valence-electron chi connectivity index (χ1n) is 9.32. The van der Waals surface area contributed by atoms with Crippen molar-refractivity contribution in [2.75, 3.05) is 30.0 Å². The Morgan fingerprint density at radius 2 is 1.70 bits per heavy atom. The lowest BCUT2D eigenvalue weighted by atomic mass is 9.90. The molecule has 1 saturated heterocycles. The van der Waals surface area contributed by atoms with Gasteiger partial charge in [-0.3, -0.25) is 9.59 Å². The molecule has 7 nitrogen and oxygen atoms in total. The number of amides is 2. The highest BCUT2D eigenvalue weighted by Gasteiger charge is 2.35. The molecule has 3 rings (SSSR count). The second-order valence-electron chi connectivity index (χ2n) is 7.08. The third-order valence-corrected chi connectivity index (χ3v) is 4.87. The highest BCUT2D eigenvalue weighted by molar-refractivity contribution is 5.98.